The summed E-state index contributed by atoms with van der Waals surface area (Å²) in [5, 5.41) is 1.49. The molecule has 0 radical (unpaired) electrons. The SMILES string of the molecule is Cc1ccc2c(c1)N(C)C=C([Si](C)(C)C)C=C2. The average molecular weight is 243 g/mol. The van der Waals surface area contributed by atoms with E-state index in [0.29, 0.717) is 0 Å². The van der Waals surface area contributed by atoms with Crippen LogP contribution in [0.25, 0.3) is 6.08 Å². The Bertz CT molecular complexity index is 492. The molecule has 0 amide bonds. The molecule has 1 aromatic carbocycles. The van der Waals surface area contributed by atoms with Gasteiger partial charge >= 0.3 is 0 Å². The molecular formula is C15H21NSi. The van der Waals surface area contributed by atoms with Gasteiger partial charge in [-0.05, 0) is 29.3 Å². The second-order valence-corrected chi connectivity index (χ2v) is 10.9. The quantitative estimate of drug-likeness (QED) is 0.668. The van der Waals surface area contributed by atoms with Gasteiger partial charge in [0, 0.05) is 18.9 Å². The van der Waals surface area contributed by atoms with Crippen molar-refractivity contribution in [1.29, 1.82) is 0 Å². The standard InChI is InChI=1S/C15H21NSi/c1-12-6-7-13-8-9-14(17(3,4)5)11-16(2)15(13)10-12/h6-11H,1-5H3. The van der Waals surface area contributed by atoms with Crippen LogP contribution in [-0.2, 0) is 0 Å². The molecule has 0 N–H and O–H groups in total. The van der Waals surface area contributed by atoms with Crippen molar-refractivity contribution in [3.63, 3.8) is 0 Å². The van der Waals surface area contributed by atoms with E-state index >= 15 is 0 Å². The fourth-order valence-corrected chi connectivity index (χ4v) is 3.21. The van der Waals surface area contributed by atoms with Crippen molar-refractivity contribution in [2.45, 2.75) is 26.6 Å². The molecule has 1 heterocycles. The van der Waals surface area contributed by atoms with E-state index in [2.05, 4.69) is 75.1 Å². The highest BCUT2D eigenvalue weighted by molar-refractivity contribution is 6.83. The second kappa shape index (κ2) is 4.19. The summed E-state index contributed by atoms with van der Waals surface area (Å²) in [5.41, 5.74) is 3.92. The van der Waals surface area contributed by atoms with Crippen LogP contribution in [0.5, 0.6) is 0 Å². The minimum atomic E-state index is -1.25. The normalized spacial score (nSPS) is 15.4. The Morgan fingerprint density at radius 3 is 2.41 bits per heavy atom. The number of rotatable bonds is 1. The van der Waals surface area contributed by atoms with Crippen molar-refractivity contribution in [3.8, 4) is 0 Å². The third-order valence-electron chi connectivity index (χ3n) is 3.21. The molecule has 1 aliphatic heterocycles. The van der Waals surface area contributed by atoms with Crippen LogP contribution in [0.2, 0.25) is 19.6 Å². The summed E-state index contributed by atoms with van der Waals surface area (Å²) in [5.74, 6) is 0. The second-order valence-electron chi connectivity index (χ2n) is 5.84. The van der Waals surface area contributed by atoms with Gasteiger partial charge in [0.25, 0.3) is 0 Å². The van der Waals surface area contributed by atoms with Crippen molar-refractivity contribution in [2.24, 2.45) is 0 Å². The predicted molar refractivity (Wildman–Crippen MR) is 80.0 cm³/mol. The highest BCUT2D eigenvalue weighted by atomic mass is 28.3. The van der Waals surface area contributed by atoms with Gasteiger partial charge in [-0.3, -0.25) is 0 Å². The summed E-state index contributed by atoms with van der Waals surface area (Å²) in [4.78, 5) is 2.26. The van der Waals surface area contributed by atoms with E-state index < -0.39 is 8.07 Å². The first-order valence-corrected chi connectivity index (χ1v) is 9.62. The molecule has 0 saturated carbocycles. The largest absolute Gasteiger partial charge is 0.351 e. The molecule has 0 bridgehead atoms. The van der Waals surface area contributed by atoms with E-state index in [1.807, 2.05) is 0 Å². The monoisotopic (exact) mass is 243 g/mol. The van der Waals surface area contributed by atoms with Crippen LogP contribution in [0.4, 0.5) is 5.69 Å². The molecule has 0 unspecified atom stereocenters. The fourth-order valence-electron chi connectivity index (χ4n) is 2.04. The minimum absolute atomic E-state index is 1.25. The van der Waals surface area contributed by atoms with Gasteiger partial charge in [-0.15, -0.1) is 0 Å². The van der Waals surface area contributed by atoms with E-state index in [1.54, 1.807) is 0 Å². The Kier molecular flexibility index (Phi) is 3.00. The van der Waals surface area contributed by atoms with E-state index in [9.17, 15) is 0 Å². The first-order chi connectivity index (χ1) is 7.88. The lowest BCUT2D eigenvalue weighted by Crippen LogP contribution is -2.24. The van der Waals surface area contributed by atoms with Gasteiger partial charge in [-0.2, -0.15) is 0 Å². The van der Waals surface area contributed by atoms with E-state index in [1.165, 1.54) is 22.0 Å². The van der Waals surface area contributed by atoms with Gasteiger partial charge in [-0.1, -0.05) is 43.9 Å². The van der Waals surface area contributed by atoms with Gasteiger partial charge in [0.15, 0.2) is 0 Å². The first kappa shape index (κ1) is 12.2. The van der Waals surface area contributed by atoms with Crippen molar-refractivity contribution < 1.29 is 0 Å². The zero-order chi connectivity index (χ0) is 12.6. The zero-order valence-electron chi connectivity index (χ0n) is 11.4. The van der Waals surface area contributed by atoms with Gasteiger partial charge in [-0.25, -0.2) is 0 Å². The molecule has 2 heteroatoms. The number of hydrogen-bond donors (Lipinski definition) is 0. The Balaban J connectivity index is 2.50. The van der Waals surface area contributed by atoms with Crippen LogP contribution in [0, 0.1) is 6.92 Å². The van der Waals surface area contributed by atoms with Crippen molar-refractivity contribution >= 4 is 19.8 Å². The molecule has 2 rings (SSSR count). The van der Waals surface area contributed by atoms with Crippen LogP contribution < -0.4 is 4.90 Å². The lowest BCUT2D eigenvalue weighted by molar-refractivity contribution is 1.19. The zero-order valence-corrected chi connectivity index (χ0v) is 12.4. The fraction of sp³-hybridized carbons (Fsp3) is 0.333. The molecule has 0 fully saturated rings. The van der Waals surface area contributed by atoms with E-state index in [4.69, 9.17) is 0 Å². The molecule has 0 atom stereocenters. The highest BCUT2D eigenvalue weighted by Crippen LogP contribution is 2.29. The average Bonchev–Trinajstić information content (AvgIpc) is 2.38. The van der Waals surface area contributed by atoms with Gasteiger partial charge < -0.3 is 4.90 Å². The number of fused-ring (bicyclic) bond motifs is 1. The van der Waals surface area contributed by atoms with Crippen LogP contribution >= 0.6 is 0 Å². The summed E-state index contributed by atoms with van der Waals surface area (Å²) in [7, 11) is 0.894. The Morgan fingerprint density at radius 2 is 1.76 bits per heavy atom. The summed E-state index contributed by atoms with van der Waals surface area (Å²) < 4.78 is 0. The summed E-state index contributed by atoms with van der Waals surface area (Å²) in [6.07, 6.45) is 6.85. The molecule has 1 aliphatic rings. The van der Waals surface area contributed by atoms with Crippen molar-refractivity contribution in [1.82, 2.24) is 0 Å². The third-order valence-corrected chi connectivity index (χ3v) is 5.23. The first-order valence-electron chi connectivity index (χ1n) is 6.12. The molecule has 1 nitrogen and oxygen atoms in total. The highest BCUT2D eigenvalue weighted by Gasteiger charge is 2.20. The van der Waals surface area contributed by atoms with Crippen LogP contribution in [-0.4, -0.2) is 15.1 Å². The molecule has 0 aromatic heterocycles. The molecule has 90 valence electrons. The Hall–Kier alpha value is -1.28. The smallest absolute Gasteiger partial charge is 0.0795 e. The molecular weight excluding hydrogens is 222 g/mol. The maximum Gasteiger partial charge on any atom is 0.0795 e. The topological polar surface area (TPSA) is 3.24 Å². The van der Waals surface area contributed by atoms with E-state index in [0.717, 1.165) is 0 Å². The summed E-state index contributed by atoms with van der Waals surface area (Å²) in [6.45, 7) is 9.31. The number of aryl methyl sites for hydroxylation is 1. The maximum absolute atomic E-state index is 2.39. The Morgan fingerprint density at radius 1 is 1.06 bits per heavy atom. The minimum Gasteiger partial charge on any atom is -0.351 e. The van der Waals surface area contributed by atoms with Crippen LogP contribution in [0.3, 0.4) is 0 Å². The van der Waals surface area contributed by atoms with Crippen molar-refractivity contribution in [3.05, 3.63) is 46.8 Å². The number of hydrogen-bond acceptors (Lipinski definition) is 1. The number of allylic oxidation sites excluding steroid dienone is 2. The maximum atomic E-state index is 2.39. The van der Waals surface area contributed by atoms with Crippen molar-refractivity contribution in [2.75, 3.05) is 11.9 Å². The molecule has 1 aromatic rings. The molecule has 0 spiro atoms. The van der Waals surface area contributed by atoms with Crippen LogP contribution in [0.1, 0.15) is 11.1 Å². The molecule has 0 saturated heterocycles. The van der Waals surface area contributed by atoms with Gasteiger partial charge in [0.05, 0.1) is 8.07 Å². The lowest BCUT2D eigenvalue weighted by Gasteiger charge is -2.21. The molecule has 17 heavy (non-hydrogen) atoms. The lowest BCUT2D eigenvalue weighted by atomic mass is 10.1. The van der Waals surface area contributed by atoms with Crippen LogP contribution in [0.15, 0.2) is 35.7 Å². The number of benzene rings is 1. The third kappa shape index (κ3) is 2.52. The number of anilines is 1. The predicted octanol–water partition coefficient (Wildman–Crippen LogP) is 4.22. The van der Waals surface area contributed by atoms with Gasteiger partial charge in [0.1, 0.15) is 0 Å². The molecule has 0 aliphatic carbocycles. The number of nitrogens with zero attached hydrogens (tertiary/aromatic N) is 1. The van der Waals surface area contributed by atoms with Gasteiger partial charge in [0.2, 0.25) is 0 Å². The summed E-state index contributed by atoms with van der Waals surface area (Å²) in [6, 6.07) is 6.64. The summed E-state index contributed by atoms with van der Waals surface area (Å²) >= 11 is 0. The van der Waals surface area contributed by atoms with E-state index in [-0.39, 0.29) is 0 Å². The Labute approximate surface area is 105 Å².